The van der Waals surface area contributed by atoms with Crippen molar-refractivity contribution < 1.29 is 9.53 Å². The van der Waals surface area contributed by atoms with E-state index in [1.165, 1.54) is 5.56 Å². The van der Waals surface area contributed by atoms with E-state index in [2.05, 4.69) is 17.4 Å². The minimum absolute atomic E-state index is 0.172. The molecule has 0 radical (unpaired) electrons. The Balaban J connectivity index is 2.11. The van der Waals surface area contributed by atoms with Gasteiger partial charge in [0.1, 0.15) is 5.75 Å². The quantitative estimate of drug-likeness (QED) is 0.858. The van der Waals surface area contributed by atoms with Crippen LogP contribution in [0.3, 0.4) is 0 Å². The molecule has 0 aliphatic heterocycles. The molecule has 4 heteroatoms. The van der Waals surface area contributed by atoms with Gasteiger partial charge in [0.25, 0.3) is 5.91 Å². The molecular formula is C19H22ClNO2. The summed E-state index contributed by atoms with van der Waals surface area (Å²) in [6, 6.07) is 9.46. The van der Waals surface area contributed by atoms with E-state index < -0.39 is 6.10 Å². The summed E-state index contributed by atoms with van der Waals surface area (Å²) in [5.41, 5.74) is 5.03. The van der Waals surface area contributed by atoms with Crippen LogP contribution in [0.15, 0.2) is 30.3 Å². The van der Waals surface area contributed by atoms with Crippen molar-refractivity contribution >= 4 is 23.2 Å². The third-order valence-electron chi connectivity index (χ3n) is 3.74. The van der Waals surface area contributed by atoms with Gasteiger partial charge >= 0.3 is 0 Å². The van der Waals surface area contributed by atoms with Crippen LogP contribution in [0.2, 0.25) is 5.02 Å². The molecule has 0 aliphatic rings. The number of nitrogens with one attached hydrogen (secondary N) is 1. The number of hydrogen-bond donors (Lipinski definition) is 1. The first-order valence-electron chi connectivity index (χ1n) is 7.59. The summed E-state index contributed by atoms with van der Waals surface area (Å²) in [6.07, 6.45) is -0.602. The molecule has 1 amide bonds. The number of rotatable bonds is 4. The first-order chi connectivity index (χ1) is 10.8. The third-order valence-corrected chi connectivity index (χ3v) is 3.97. The highest BCUT2D eigenvalue weighted by molar-refractivity contribution is 6.30. The average Bonchev–Trinajstić information content (AvgIpc) is 2.45. The van der Waals surface area contributed by atoms with Gasteiger partial charge in [-0.1, -0.05) is 29.3 Å². The number of amides is 1. The molecule has 0 aliphatic carbocycles. The second-order valence-corrected chi connectivity index (χ2v) is 6.37. The molecule has 0 spiro atoms. The Morgan fingerprint density at radius 2 is 1.65 bits per heavy atom. The van der Waals surface area contributed by atoms with E-state index in [0.717, 1.165) is 22.4 Å². The third kappa shape index (κ3) is 4.26. The largest absolute Gasteiger partial charge is 0.481 e. The summed E-state index contributed by atoms with van der Waals surface area (Å²) in [6.45, 7) is 9.66. The molecule has 0 saturated heterocycles. The second kappa shape index (κ2) is 7.05. The summed E-state index contributed by atoms with van der Waals surface area (Å²) >= 11 is 5.94. The van der Waals surface area contributed by atoms with Gasteiger partial charge in [0.15, 0.2) is 6.10 Å². The standard InChI is InChI=1S/C19H22ClNO2/c1-11-8-13(3)18(14(4)9-11)21-19(22)15(5)23-17-7-6-16(20)10-12(17)2/h6-10,15H,1-5H3,(H,21,22)/t15-/m0/s1. The predicted octanol–water partition coefficient (Wildman–Crippen LogP) is 4.98. The summed E-state index contributed by atoms with van der Waals surface area (Å²) in [4.78, 5) is 12.4. The first kappa shape index (κ1) is 17.4. The molecule has 0 saturated carbocycles. The highest BCUT2D eigenvalue weighted by atomic mass is 35.5. The molecule has 0 heterocycles. The van der Waals surface area contributed by atoms with E-state index in [4.69, 9.17) is 16.3 Å². The molecular weight excluding hydrogens is 310 g/mol. The van der Waals surface area contributed by atoms with Gasteiger partial charge in [0.2, 0.25) is 0 Å². The van der Waals surface area contributed by atoms with Crippen LogP contribution < -0.4 is 10.1 Å². The fourth-order valence-corrected chi connectivity index (χ4v) is 2.82. The minimum atomic E-state index is -0.602. The van der Waals surface area contributed by atoms with Crippen LogP contribution in [0.5, 0.6) is 5.75 Å². The normalized spacial score (nSPS) is 11.9. The molecule has 0 aromatic heterocycles. The Hall–Kier alpha value is -2.00. The number of aryl methyl sites for hydroxylation is 4. The van der Waals surface area contributed by atoms with Crippen LogP contribution in [0.25, 0.3) is 0 Å². The Bertz CT molecular complexity index is 717. The first-order valence-corrected chi connectivity index (χ1v) is 7.97. The maximum atomic E-state index is 12.4. The van der Waals surface area contributed by atoms with Crippen molar-refractivity contribution in [2.24, 2.45) is 0 Å². The monoisotopic (exact) mass is 331 g/mol. The maximum Gasteiger partial charge on any atom is 0.265 e. The molecule has 0 unspecified atom stereocenters. The summed E-state index contributed by atoms with van der Waals surface area (Å²) in [5.74, 6) is 0.490. The summed E-state index contributed by atoms with van der Waals surface area (Å²) in [5, 5.41) is 3.62. The van der Waals surface area contributed by atoms with Crippen LogP contribution in [-0.2, 0) is 4.79 Å². The molecule has 2 aromatic rings. The smallest absolute Gasteiger partial charge is 0.265 e. The van der Waals surface area contributed by atoms with Gasteiger partial charge in [-0.3, -0.25) is 4.79 Å². The predicted molar refractivity (Wildman–Crippen MR) is 95.6 cm³/mol. The van der Waals surface area contributed by atoms with Gasteiger partial charge in [-0.15, -0.1) is 0 Å². The van der Waals surface area contributed by atoms with Crippen molar-refractivity contribution in [2.75, 3.05) is 5.32 Å². The van der Waals surface area contributed by atoms with E-state index in [1.54, 1.807) is 19.1 Å². The molecule has 0 fully saturated rings. The number of benzene rings is 2. The van der Waals surface area contributed by atoms with Crippen molar-refractivity contribution in [1.29, 1.82) is 0 Å². The Morgan fingerprint density at radius 3 is 2.22 bits per heavy atom. The lowest BCUT2D eigenvalue weighted by Gasteiger charge is -2.18. The van der Waals surface area contributed by atoms with E-state index in [1.807, 2.05) is 33.8 Å². The molecule has 2 rings (SSSR count). The SMILES string of the molecule is Cc1cc(C)c(NC(=O)[C@H](C)Oc2ccc(Cl)cc2C)c(C)c1. The average molecular weight is 332 g/mol. The summed E-state index contributed by atoms with van der Waals surface area (Å²) < 4.78 is 5.77. The van der Waals surface area contributed by atoms with Gasteiger partial charge in [0.05, 0.1) is 0 Å². The number of carbonyl (C=O) groups excluding carboxylic acids is 1. The molecule has 1 N–H and O–H groups in total. The maximum absolute atomic E-state index is 12.4. The molecule has 1 atom stereocenters. The topological polar surface area (TPSA) is 38.3 Å². The number of ether oxygens (including phenoxy) is 1. The number of hydrogen-bond acceptors (Lipinski definition) is 2. The van der Waals surface area contributed by atoms with Crippen LogP contribution in [0.1, 0.15) is 29.2 Å². The van der Waals surface area contributed by atoms with Crippen molar-refractivity contribution in [1.82, 2.24) is 0 Å². The molecule has 0 bridgehead atoms. The zero-order chi connectivity index (χ0) is 17.1. The van der Waals surface area contributed by atoms with Gasteiger partial charge in [-0.05, 0) is 69.5 Å². The highest BCUT2D eigenvalue weighted by Crippen LogP contribution is 2.25. The van der Waals surface area contributed by atoms with Crippen molar-refractivity contribution in [3.8, 4) is 5.75 Å². The Kier molecular flexibility index (Phi) is 5.32. The van der Waals surface area contributed by atoms with Crippen LogP contribution >= 0.6 is 11.6 Å². The number of carbonyl (C=O) groups is 1. The number of halogens is 1. The molecule has 2 aromatic carbocycles. The Labute approximate surface area is 142 Å². The zero-order valence-electron chi connectivity index (χ0n) is 14.2. The van der Waals surface area contributed by atoms with Crippen molar-refractivity contribution in [2.45, 2.75) is 40.7 Å². The van der Waals surface area contributed by atoms with Gasteiger partial charge in [-0.25, -0.2) is 0 Å². The van der Waals surface area contributed by atoms with Gasteiger partial charge < -0.3 is 10.1 Å². The van der Waals surface area contributed by atoms with Crippen molar-refractivity contribution in [3.63, 3.8) is 0 Å². The van der Waals surface area contributed by atoms with Gasteiger partial charge in [0, 0.05) is 10.7 Å². The molecule has 23 heavy (non-hydrogen) atoms. The van der Waals surface area contributed by atoms with E-state index in [0.29, 0.717) is 10.8 Å². The Morgan fingerprint density at radius 1 is 1.04 bits per heavy atom. The second-order valence-electron chi connectivity index (χ2n) is 5.93. The lowest BCUT2D eigenvalue weighted by atomic mass is 10.0. The van der Waals surface area contributed by atoms with Crippen LogP contribution in [-0.4, -0.2) is 12.0 Å². The fraction of sp³-hybridized carbons (Fsp3) is 0.316. The fourth-order valence-electron chi connectivity index (χ4n) is 2.59. The number of anilines is 1. The molecule has 3 nitrogen and oxygen atoms in total. The van der Waals surface area contributed by atoms with E-state index in [-0.39, 0.29) is 5.91 Å². The van der Waals surface area contributed by atoms with Crippen LogP contribution in [0, 0.1) is 27.7 Å². The minimum Gasteiger partial charge on any atom is -0.481 e. The lowest BCUT2D eigenvalue weighted by Crippen LogP contribution is -2.30. The summed E-state index contributed by atoms with van der Waals surface area (Å²) in [7, 11) is 0. The van der Waals surface area contributed by atoms with Gasteiger partial charge in [-0.2, -0.15) is 0 Å². The van der Waals surface area contributed by atoms with Crippen molar-refractivity contribution in [3.05, 3.63) is 57.6 Å². The lowest BCUT2D eigenvalue weighted by molar-refractivity contribution is -0.122. The van der Waals surface area contributed by atoms with Crippen LogP contribution in [0.4, 0.5) is 5.69 Å². The van der Waals surface area contributed by atoms with E-state index >= 15 is 0 Å². The molecule has 122 valence electrons. The van der Waals surface area contributed by atoms with E-state index in [9.17, 15) is 4.79 Å². The highest BCUT2D eigenvalue weighted by Gasteiger charge is 2.17. The zero-order valence-corrected chi connectivity index (χ0v) is 14.9.